The van der Waals surface area contributed by atoms with Gasteiger partial charge in [-0.1, -0.05) is 11.8 Å². The molecule has 3 rings (SSSR count). The Bertz CT molecular complexity index is 559. The molecule has 21 heavy (non-hydrogen) atoms. The van der Waals surface area contributed by atoms with E-state index in [0.29, 0.717) is 13.0 Å². The smallest absolute Gasteiger partial charge is 0.189 e. The predicted molar refractivity (Wildman–Crippen MR) is 81.4 cm³/mol. The van der Waals surface area contributed by atoms with Crippen LogP contribution >= 0.6 is 11.8 Å². The third kappa shape index (κ3) is 3.12. The van der Waals surface area contributed by atoms with Crippen molar-refractivity contribution in [1.29, 1.82) is 5.26 Å². The van der Waals surface area contributed by atoms with Crippen LogP contribution in [0.1, 0.15) is 17.7 Å². The molecular formula is C14H19N5OS. The summed E-state index contributed by atoms with van der Waals surface area (Å²) < 4.78 is 5.59. The standard InChI is InChI=1S/C14H19N5OS/c1-21-14-17-12-3-7-20-9-11(12)13(18-14)19-6-5-16-10(8-19)2-4-15/h10,16H,2-3,5-9H2,1H3/t10-/m0/s1. The van der Waals surface area contributed by atoms with Gasteiger partial charge in [0.05, 0.1) is 31.4 Å². The topological polar surface area (TPSA) is 74.1 Å². The Hall–Kier alpha value is -1.36. The van der Waals surface area contributed by atoms with Gasteiger partial charge in [0.25, 0.3) is 0 Å². The number of fused-ring (bicyclic) bond motifs is 1. The molecule has 0 amide bonds. The fourth-order valence-corrected chi connectivity index (χ4v) is 3.19. The zero-order valence-electron chi connectivity index (χ0n) is 12.1. The fraction of sp³-hybridized carbons (Fsp3) is 0.643. The average molecular weight is 305 g/mol. The lowest BCUT2D eigenvalue weighted by atomic mass is 10.1. The van der Waals surface area contributed by atoms with E-state index in [1.54, 1.807) is 11.8 Å². The molecule has 3 heterocycles. The van der Waals surface area contributed by atoms with Crippen LogP contribution < -0.4 is 10.2 Å². The van der Waals surface area contributed by atoms with E-state index in [1.165, 1.54) is 0 Å². The van der Waals surface area contributed by atoms with Gasteiger partial charge in [0.1, 0.15) is 5.82 Å². The minimum Gasteiger partial charge on any atom is -0.376 e. The molecular weight excluding hydrogens is 286 g/mol. The Morgan fingerprint density at radius 1 is 1.52 bits per heavy atom. The summed E-state index contributed by atoms with van der Waals surface area (Å²) in [6.07, 6.45) is 3.38. The summed E-state index contributed by atoms with van der Waals surface area (Å²) in [5, 5.41) is 13.1. The van der Waals surface area contributed by atoms with Crippen molar-refractivity contribution in [2.75, 3.05) is 37.4 Å². The van der Waals surface area contributed by atoms with E-state index < -0.39 is 0 Å². The molecule has 0 saturated carbocycles. The molecule has 1 aromatic heterocycles. The maximum atomic E-state index is 8.89. The van der Waals surface area contributed by atoms with Crippen molar-refractivity contribution in [3.05, 3.63) is 11.3 Å². The molecule has 112 valence electrons. The highest BCUT2D eigenvalue weighted by atomic mass is 32.2. The molecule has 1 N–H and O–H groups in total. The first-order chi connectivity index (χ1) is 10.3. The summed E-state index contributed by atoms with van der Waals surface area (Å²) in [5.41, 5.74) is 2.24. The minimum absolute atomic E-state index is 0.205. The number of nitrogens with zero attached hydrogens (tertiary/aromatic N) is 4. The lowest BCUT2D eigenvalue weighted by molar-refractivity contribution is 0.108. The largest absolute Gasteiger partial charge is 0.376 e. The van der Waals surface area contributed by atoms with Gasteiger partial charge in [0.15, 0.2) is 5.16 Å². The van der Waals surface area contributed by atoms with E-state index in [9.17, 15) is 0 Å². The summed E-state index contributed by atoms with van der Waals surface area (Å²) in [6.45, 7) is 3.91. The van der Waals surface area contributed by atoms with Crippen LogP contribution in [0.3, 0.4) is 0 Å². The highest BCUT2D eigenvalue weighted by molar-refractivity contribution is 7.98. The molecule has 0 spiro atoms. The van der Waals surface area contributed by atoms with Crippen LogP contribution in [-0.2, 0) is 17.8 Å². The van der Waals surface area contributed by atoms with Crippen LogP contribution in [0.25, 0.3) is 0 Å². The van der Waals surface area contributed by atoms with E-state index >= 15 is 0 Å². The van der Waals surface area contributed by atoms with Crippen LogP contribution in [0.5, 0.6) is 0 Å². The Kier molecular flexibility index (Phi) is 4.58. The van der Waals surface area contributed by atoms with Crippen LogP contribution in [0.4, 0.5) is 5.82 Å². The van der Waals surface area contributed by atoms with Crippen molar-refractivity contribution >= 4 is 17.6 Å². The van der Waals surface area contributed by atoms with Crippen molar-refractivity contribution in [3.8, 4) is 6.07 Å². The Labute approximate surface area is 128 Å². The number of nitriles is 1. The van der Waals surface area contributed by atoms with Gasteiger partial charge in [-0.05, 0) is 6.26 Å². The first-order valence-electron chi connectivity index (χ1n) is 7.18. The molecule has 7 heteroatoms. The number of nitrogens with one attached hydrogen (secondary N) is 1. The first kappa shape index (κ1) is 14.6. The van der Waals surface area contributed by atoms with Gasteiger partial charge >= 0.3 is 0 Å². The molecule has 0 aliphatic carbocycles. The van der Waals surface area contributed by atoms with Crippen molar-refractivity contribution in [1.82, 2.24) is 15.3 Å². The summed E-state index contributed by atoms with van der Waals surface area (Å²) >= 11 is 1.57. The second kappa shape index (κ2) is 6.60. The lowest BCUT2D eigenvalue weighted by Crippen LogP contribution is -2.51. The van der Waals surface area contributed by atoms with Crippen LogP contribution in [0.15, 0.2) is 5.16 Å². The number of aromatic nitrogens is 2. The molecule has 6 nitrogen and oxygen atoms in total. The first-order valence-corrected chi connectivity index (χ1v) is 8.41. The van der Waals surface area contributed by atoms with Gasteiger partial charge in [-0.2, -0.15) is 5.26 Å². The van der Waals surface area contributed by atoms with Crippen molar-refractivity contribution in [3.63, 3.8) is 0 Å². The lowest BCUT2D eigenvalue weighted by Gasteiger charge is -2.35. The van der Waals surface area contributed by atoms with Gasteiger partial charge in [-0.25, -0.2) is 9.97 Å². The van der Waals surface area contributed by atoms with Crippen molar-refractivity contribution in [2.24, 2.45) is 0 Å². The number of ether oxygens (including phenoxy) is 1. The quantitative estimate of drug-likeness (QED) is 0.658. The number of hydrogen-bond acceptors (Lipinski definition) is 7. The van der Waals surface area contributed by atoms with E-state index in [2.05, 4.69) is 21.3 Å². The third-order valence-electron chi connectivity index (χ3n) is 3.86. The molecule has 0 aromatic carbocycles. The molecule has 2 aliphatic heterocycles. The normalized spacial score (nSPS) is 21.7. The van der Waals surface area contributed by atoms with E-state index in [1.807, 2.05) is 6.26 Å². The van der Waals surface area contributed by atoms with E-state index in [0.717, 1.165) is 54.9 Å². The molecule has 1 fully saturated rings. The summed E-state index contributed by atoms with van der Waals surface area (Å²) in [7, 11) is 0. The maximum absolute atomic E-state index is 8.89. The van der Waals surface area contributed by atoms with Gasteiger partial charge < -0.3 is 15.0 Å². The SMILES string of the molecule is CSc1nc2c(c(N3CCN[C@@H](CC#N)C3)n1)COCC2. The third-order valence-corrected chi connectivity index (χ3v) is 4.40. The molecule has 2 aliphatic rings. The molecule has 0 unspecified atom stereocenters. The van der Waals surface area contributed by atoms with Gasteiger partial charge in [0.2, 0.25) is 0 Å². The zero-order valence-corrected chi connectivity index (χ0v) is 12.9. The fourth-order valence-electron chi connectivity index (χ4n) is 2.81. The van der Waals surface area contributed by atoms with E-state index in [-0.39, 0.29) is 6.04 Å². The summed E-state index contributed by atoms with van der Waals surface area (Å²) in [5.74, 6) is 0.994. The molecule has 0 radical (unpaired) electrons. The van der Waals surface area contributed by atoms with Crippen LogP contribution in [0, 0.1) is 11.3 Å². The minimum atomic E-state index is 0.205. The molecule has 0 bridgehead atoms. The monoisotopic (exact) mass is 305 g/mol. The second-order valence-electron chi connectivity index (χ2n) is 5.22. The number of thioether (sulfide) groups is 1. The second-order valence-corrected chi connectivity index (χ2v) is 5.99. The maximum Gasteiger partial charge on any atom is 0.189 e. The Morgan fingerprint density at radius 2 is 2.43 bits per heavy atom. The number of piperazine rings is 1. The predicted octanol–water partition coefficient (Wildman–Crippen LogP) is 0.963. The van der Waals surface area contributed by atoms with E-state index in [4.69, 9.17) is 15.0 Å². The van der Waals surface area contributed by atoms with Gasteiger partial charge in [-0.15, -0.1) is 0 Å². The van der Waals surface area contributed by atoms with Crippen molar-refractivity contribution < 1.29 is 4.74 Å². The van der Waals surface area contributed by atoms with Crippen LogP contribution in [0.2, 0.25) is 0 Å². The Morgan fingerprint density at radius 3 is 3.24 bits per heavy atom. The number of rotatable bonds is 3. The highest BCUT2D eigenvalue weighted by Crippen LogP contribution is 2.28. The van der Waals surface area contributed by atoms with Gasteiger partial charge in [-0.3, -0.25) is 0 Å². The summed E-state index contributed by atoms with van der Waals surface area (Å²) in [4.78, 5) is 11.6. The average Bonchev–Trinajstić information content (AvgIpc) is 2.54. The molecule has 1 saturated heterocycles. The van der Waals surface area contributed by atoms with Crippen LogP contribution in [-0.4, -0.2) is 48.5 Å². The number of anilines is 1. The number of hydrogen-bond donors (Lipinski definition) is 1. The highest BCUT2D eigenvalue weighted by Gasteiger charge is 2.26. The zero-order chi connectivity index (χ0) is 14.7. The van der Waals surface area contributed by atoms with Gasteiger partial charge in [0, 0.05) is 37.7 Å². The van der Waals surface area contributed by atoms with Crippen molar-refractivity contribution in [2.45, 2.75) is 30.6 Å². The molecule has 1 atom stereocenters. The molecule has 1 aromatic rings. The summed E-state index contributed by atoms with van der Waals surface area (Å²) in [6, 6.07) is 2.45. The Balaban J connectivity index is 1.91.